The van der Waals surface area contributed by atoms with Gasteiger partial charge in [-0.05, 0) is 34.5 Å². The summed E-state index contributed by atoms with van der Waals surface area (Å²) in [6.45, 7) is 0.0853. The summed E-state index contributed by atoms with van der Waals surface area (Å²) in [6, 6.07) is 11.8. The Balaban J connectivity index is 0.00000112. The molecule has 0 fully saturated rings. The van der Waals surface area contributed by atoms with Crippen molar-refractivity contribution in [2.24, 2.45) is 0 Å². The molecule has 0 saturated carbocycles. The Morgan fingerprint density at radius 2 is 1.73 bits per heavy atom. The van der Waals surface area contributed by atoms with Crippen molar-refractivity contribution in [3.05, 3.63) is 42.0 Å². The number of hydrogen-bond donors (Lipinski definition) is 1. The average Bonchev–Trinajstić information content (AvgIpc) is 2.27. The van der Waals surface area contributed by atoms with Crippen molar-refractivity contribution in [3.63, 3.8) is 0 Å². The summed E-state index contributed by atoms with van der Waals surface area (Å²) in [4.78, 5) is 0. The zero-order valence-electron chi connectivity index (χ0n) is 9.03. The minimum Gasteiger partial charge on any atom is -0.497 e. The van der Waals surface area contributed by atoms with Crippen molar-refractivity contribution in [1.29, 1.82) is 0 Å². The molecule has 2 aromatic carbocycles. The third-order valence-corrected chi connectivity index (χ3v) is 2.29. The van der Waals surface area contributed by atoms with Crippen LogP contribution in [0.1, 0.15) is 5.56 Å². The first kappa shape index (κ1) is 12.5. The number of aliphatic hydroxyl groups is 1. The van der Waals surface area contributed by atoms with E-state index in [9.17, 15) is 0 Å². The van der Waals surface area contributed by atoms with Crippen LogP contribution >= 0.6 is 0 Å². The van der Waals surface area contributed by atoms with E-state index in [0.717, 1.165) is 22.1 Å². The van der Waals surface area contributed by atoms with Crippen LogP contribution in [0.3, 0.4) is 0 Å². The molecular formula is C12H12NaO2. The van der Waals surface area contributed by atoms with Gasteiger partial charge in [0, 0.05) is 29.6 Å². The summed E-state index contributed by atoms with van der Waals surface area (Å²) in [5.74, 6) is 0.856. The van der Waals surface area contributed by atoms with E-state index in [0.29, 0.717) is 0 Å². The van der Waals surface area contributed by atoms with Crippen LogP contribution in [0, 0.1) is 0 Å². The molecule has 0 aromatic heterocycles. The molecule has 0 aliphatic rings. The number of hydrogen-bond acceptors (Lipinski definition) is 2. The number of fused-ring (bicyclic) bond motifs is 1. The second-order valence-corrected chi connectivity index (χ2v) is 3.21. The van der Waals surface area contributed by atoms with Gasteiger partial charge in [-0.1, -0.05) is 18.2 Å². The second kappa shape index (κ2) is 5.52. The summed E-state index contributed by atoms with van der Waals surface area (Å²) in [6.07, 6.45) is 0. The largest absolute Gasteiger partial charge is 0.497 e. The van der Waals surface area contributed by atoms with E-state index < -0.39 is 0 Å². The van der Waals surface area contributed by atoms with Gasteiger partial charge in [0.1, 0.15) is 5.75 Å². The number of methoxy groups -OCH3 is 1. The molecule has 3 heteroatoms. The normalized spacial score (nSPS) is 9.73. The fraction of sp³-hybridized carbons (Fsp3) is 0.167. The van der Waals surface area contributed by atoms with Gasteiger partial charge in [0.15, 0.2) is 0 Å². The minimum absolute atomic E-state index is 0. The fourth-order valence-corrected chi connectivity index (χ4v) is 1.50. The molecule has 15 heavy (non-hydrogen) atoms. The van der Waals surface area contributed by atoms with Crippen LogP contribution in [0.5, 0.6) is 5.75 Å². The van der Waals surface area contributed by atoms with Crippen LogP contribution in [0.15, 0.2) is 36.4 Å². The van der Waals surface area contributed by atoms with E-state index in [1.54, 1.807) is 7.11 Å². The van der Waals surface area contributed by atoms with Crippen molar-refractivity contribution in [1.82, 2.24) is 0 Å². The molecular weight excluding hydrogens is 199 g/mol. The van der Waals surface area contributed by atoms with Gasteiger partial charge in [-0.25, -0.2) is 0 Å². The molecule has 0 atom stereocenters. The van der Waals surface area contributed by atoms with Gasteiger partial charge in [-0.2, -0.15) is 0 Å². The van der Waals surface area contributed by atoms with E-state index in [-0.39, 0.29) is 36.2 Å². The van der Waals surface area contributed by atoms with Crippen molar-refractivity contribution < 1.29 is 9.84 Å². The number of rotatable bonds is 2. The van der Waals surface area contributed by atoms with Crippen LogP contribution in [-0.2, 0) is 6.61 Å². The van der Waals surface area contributed by atoms with Crippen LogP contribution in [0.25, 0.3) is 10.8 Å². The summed E-state index contributed by atoms with van der Waals surface area (Å²) in [5.41, 5.74) is 0.933. The zero-order valence-corrected chi connectivity index (χ0v) is 11.0. The molecule has 0 amide bonds. The van der Waals surface area contributed by atoms with Gasteiger partial charge in [-0.15, -0.1) is 0 Å². The maximum atomic E-state index is 8.97. The molecule has 1 radical (unpaired) electrons. The minimum atomic E-state index is 0. The predicted octanol–water partition coefficient (Wildman–Crippen LogP) is 1.96. The Morgan fingerprint density at radius 3 is 2.40 bits per heavy atom. The van der Waals surface area contributed by atoms with Crippen molar-refractivity contribution in [2.75, 3.05) is 7.11 Å². The zero-order chi connectivity index (χ0) is 9.97. The number of aliphatic hydroxyl groups excluding tert-OH is 1. The topological polar surface area (TPSA) is 29.5 Å². The molecule has 0 heterocycles. The smallest absolute Gasteiger partial charge is 0.119 e. The average molecular weight is 211 g/mol. The molecule has 0 aliphatic heterocycles. The molecule has 0 aliphatic carbocycles. The Kier molecular flexibility index (Phi) is 4.61. The van der Waals surface area contributed by atoms with E-state index in [2.05, 4.69) is 0 Å². The Labute approximate surface area is 111 Å². The molecule has 2 nitrogen and oxygen atoms in total. The van der Waals surface area contributed by atoms with E-state index in [1.807, 2.05) is 36.4 Å². The SMILES string of the molecule is COc1ccc2cc(CO)ccc2c1.[Na]. The van der Waals surface area contributed by atoms with Crippen molar-refractivity contribution in [3.8, 4) is 5.75 Å². The molecule has 0 bridgehead atoms. The Hall–Kier alpha value is -0.540. The number of benzene rings is 2. The summed E-state index contributed by atoms with van der Waals surface area (Å²) in [5, 5.41) is 11.2. The summed E-state index contributed by atoms with van der Waals surface area (Å²) >= 11 is 0. The molecule has 0 spiro atoms. The van der Waals surface area contributed by atoms with Crippen molar-refractivity contribution in [2.45, 2.75) is 6.61 Å². The molecule has 1 N–H and O–H groups in total. The Morgan fingerprint density at radius 1 is 1.07 bits per heavy atom. The fourth-order valence-electron chi connectivity index (χ4n) is 1.50. The summed E-state index contributed by atoms with van der Waals surface area (Å²) in [7, 11) is 1.66. The maximum absolute atomic E-state index is 8.97. The molecule has 0 saturated heterocycles. The number of ether oxygens (including phenoxy) is 1. The molecule has 73 valence electrons. The standard InChI is InChI=1S/C12H12O2.Na/c1-14-12-5-4-10-6-9(8-13)2-3-11(10)7-12;/h2-7,13H,8H2,1H3;. The van der Waals surface area contributed by atoms with E-state index >= 15 is 0 Å². The molecule has 2 aromatic rings. The van der Waals surface area contributed by atoms with Gasteiger partial charge in [-0.3, -0.25) is 0 Å². The van der Waals surface area contributed by atoms with Gasteiger partial charge < -0.3 is 9.84 Å². The van der Waals surface area contributed by atoms with Gasteiger partial charge >= 0.3 is 0 Å². The van der Waals surface area contributed by atoms with Crippen molar-refractivity contribution >= 4 is 40.3 Å². The quantitative estimate of drug-likeness (QED) is 0.769. The van der Waals surface area contributed by atoms with Crippen LogP contribution in [0.4, 0.5) is 0 Å². The second-order valence-electron chi connectivity index (χ2n) is 3.21. The monoisotopic (exact) mass is 211 g/mol. The first-order valence-corrected chi connectivity index (χ1v) is 4.51. The first-order valence-electron chi connectivity index (χ1n) is 4.51. The third kappa shape index (κ3) is 2.73. The maximum Gasteiger partial charge on any atom is 0.119 e. The van der Waals surface area contributed by atoms with E-state index in [1.165, 1.54) is 0 Å². The molecule has 2 rings (SSSR count). The van der Waals surface area contributed by atoms with Crippen LogP contribution < -0.4 is 4.74 Å². The Bertz CT molecular complexity index is 411. The summed E-state index contributed by atoms with van der Waals surface area (Å²) < 4.78 is 5.13. The molecule has 0 unspecified atom stereocenters. The van der Waals surface area contributed by atoms with Crippen LogP contribution in [-0.4, -0.2) is 41.8 Å². The van der Waals surface area contributed by atoms with Gasteiger partial charge in [0.2, 0.25) is 0 Å². The van der Waals surface area contributed by atoms with Gasteiger partial charge in [0.25, 0.3) is 0 Å². The first-order chi connectivity index (χ1) is 6.83. The predicted molar refractivity (Wildman–Crippen MR) is 62.2 cm³/mol. The van der Waals surface area contributed by atoms with Crippen LogP contribution in [0.2, 0.25) is 0 Å². The van der Waals surface area contributed by atoms with E-state index in [4.69, 9.17) is 9.84 Å². The third-order valence-electron chi connectivity index (χ3n) is 2.29. The van der Waals surface area contributed by atoms with Gasteiger partial charge in [0.05, 0.1) is 13.7 Å².